The molecule has 4 heteroatoms. The fraction of sp³-hybridized carbons (Fsp3) is 0.500. The van der Waals surface area contributed by atoms with Crippen molar-refractivity contribution in [1.29, 1.82) is 0 Å². The molecule has 2 nitrogen and oxygen atoms in total. The number of halogens is 2. The number of benzene rings is 1. The molecule has 2 unspecified atom stereocenters. The summed E-state index contributed by atoms with van der Waals surface area (Å²) in [4.78, 5) is 14.2. The molecule has 1 heterocycles. The zero-order valence-corrected chi connectivity index (χ0v) is 12.2. The van der Waals surface area contributed by atoms with Crippen LogP contribution in [0.4, 0.5) is 4.39 Å². The Bertz CT molecular complexity index is 463. The van der Waals surface area contributed by atoms with Crippen LogP contribution in [0.1, 0.15) is 30.6 Å². The van der Waals surface area contributed by atoms with Crippen molar-refractivity contribution in [2.75, 3.05) is 13.1 Å². The lowest BCUT2D eigenvalue weighted by Crippen LogP contribution is -2.42. The average molecular weight is 314 g/mol. The highest BCUT2D eigenvalue weighted by Crippen LogP contribution is 2.26. The van der Waals surface area contributed by atoms with Gasteiger partial charge in [0.15, 0.2) is 0 Å². The van der Waals surface area contributed by atoms with E-state index >= 15 is 0 Å². The molecular formula is C14H17BrFNO. The maximum absolute atomic E-state index is 13.0. The molecule has 1 saturated heterocycles. The van der Waals surface area contributed by atoms with Crippen molar-refractivity contribution >= 4 is 21.8 Å². The number of piperidine rings is 1. The fourth-order valence-corrected chi connectivity index (χ4v) is 2.80. The quantitative estimate of drug-likeness (QED) is 0.774. The average Bonchev–Trinajstić information content (AvgIpc) is 2.32. The molecule has 1 amide bonds. The van der Waals surface area contributed by atoms with Crippen LogP contribution in [0.2, 0.25) is 0 Å². The number of nitrogens with zero attached hydrogens (tertiary/aromatic N) is 1. The van der Waals surface area contributed by atoms with E-state index in [-0.39, 0.29) is 11.7 Å². The lowest BCUT2D eigenvalue weighted by molar-refractivity contribution is 0.0626. The summed E-state index contributed by atoms with van der Waals surface area (Å²) in [7, 11) is 0. The van der Waals surface area contributed by atoms with Gasteiger partial charge in [0.05, 0.1) is 5.56 Å². The molecule has 0 aliphatic carbocycles. The second-order valence-electron chi connectivity index (χ2n) is 5.12. The summed E-state index contributed by atoms with van der Waals surface area (Å²) in [5, 5.41) is 0. The lowest BCUT2D eigenvalue weighted by atomic mass is 9.88. The topological polar surface area (TPSA) is 20.3 Å². The highest BCUT2D eigenvalue weighted by Gasteiger charge is 2.27. The number of carbonyl (C=O) groups is 1. The van der Waals surface area contributed by atoms with Crippen molar-refractivity contribution < 1.29 is 9.18 Å². The minimum atomic E-state index is -0.334. The molecule has 1 aliphatic heterocycles. The smallest absolute Gasteiger partial charge is 0.255 e. The molecule has 18 heavy (non-hydrogen) atoms. The van der Waals surface area contributed by atoms with Crippen molar-refractivity contribution in [1.82, 2.24) is 4.90 Å². The first-order valence-electron chi connectivity index (χ1n) is 6.23. The molecule has 0 N–H and O–H groups in total. The summed E-state index contributed by atoms with van der Waals surface area (Å²) in [6.07, 6.45) is 1.03. The van der Waals surface area contributed by atoms with Crippen LogP contribution < -0.4 is 0 Å². The Balaban J connectivity index is 2.16. The molecule has 1 aromatic rings. The van der Waals surface area contributed by atoms with E-state index in [1.807, 2.05) is 4.90 Å². The Hall–Kier alpha value is -0.900. The third-order valence-electron chi connectivity index (χ3n) is 3.78. The van der Waals surface area contributed by atoms with Gasteiger partial charge in [0, 0.05) is 17.6 Å². The van der Waals surface area contributed by atoms with Gasteiger partial charge >= 0.3 is 0 Å². The summed E-state index contributed by atoms with van der Waals surface area (Å²) in [6, 6.07) is 4.21. The maximum atomic E-state index is 13.0. The van der Waals surface area contributed by atoms with Crippen molar-refractivity contribution in [3.63, 3.8) is 0 Å². The van der Waals surface area contributed by atoms with E-state index in [2.05, 4.69) is 29.8 Å². The van der Waals surface area contributed by atoms with Crippen LogP contribution in [-0.2, 0) is 0 Å². The number of likely N-dealkylation sites (tertiary alicyclic amines) is 1. The number of rotatable bonds is 1. The zero-order chi connectivity index (χ0) is 13.3. The van der Waals surface area contributed by atoms with E-state index in [9.17, 15) is 9.18 Å². The number of hydrogen-bond acceptors (Lipinski definition) is 1. The molecular weight excluding hydrogens is 297 g/mol. The molecule has 2 atom stereocenters. The second kappa shape index (κ2) is 5.39. The van der Waals surface area contributed by atoms with E-state index in [1.165, 1.54) is 12.1 Å². The predicted octanol–water partition coefficient (Wildman–Crippen LogP) is 3.71. The summed E-state index contributed by atoms with van der Waals surface area (Å²) in [6.45, 7) is 5.96. The van der Waals surface area contributed by atoms with Crippen LogP contribution in [0.5, 0.6) is 0 Å². The van der Waals surface area contributed by atoms with Gasteiger partial charge in [-0.15, -0.1) is 0 Å². The van der Waals surface area contributed by atoms with Gasteiger partial charge in [0.2, 0.25) is 0 Å². The standard InChI is InChI=1S/C14H17BrFNO/c1-9-5-6-17(8-10(9)2)14(18)12-4-3-11(16)7-13(12)15/h3-4,7,9-10H,5-6,8H2,1-2H3. The first kappa shape index (κ1) is 13.5. The van der Waals surface area contributed by atoms with Crippen molar-refractivity contribution in [3.05, 3.63) is 34.1 Å². The maximum Gasteiger partial charge on any atom is 0.255 e. The number of carbonyl (C=O) groups excluding carboxylic acids is 1. The first-order chi connectivity index (χ1) is 8.49. The molecule has 1 aromatic carbocycles. The third kappa shape index (κ3) is 2.74. The normalized spacial score (nSPS) is 24.1. The monoisotopic (exact) mass is 313 g/mol. The van der Waals surface area contributed by atoms with E-state index in [0.717, 1.165) is 19.5 Å². The predicted molar refractivity (Wildman–Crippen MR) is 72.9 cm³/mol. The van der Waals surface area contributed by atoms with Crippen LogP contribution in [0.3, 0.4) is 0 Å². The summed E-state index contributed by atoms with van der Waals surface area (Å²) in [5.41, 5.74) is 0.540. The Morgan fingerprint density at radius 1 is 1.39 bits per heavy atom. The molecule has 1 fully saturated rings. The lowest BCUT2D eigenvalue weighted by Gasteiger charge is -2.35. The van der Waals surface area contributed by atoms with Crippen molar-refractivity contribution in [2.45, 2.75) is 20.3 Å². The van der Waals surface area contributed by atoms with Crippen LogP contribution in [0, 0.1) is 17.7 Å². The second-order valence-corrected chi connectivity index (χ2v) is 5.97. The third-order valence-corrected chi connectivity index (χ3v) is 4.44. The molecule has 1 aliphatic rings. The summed E-state index contributed by atoms with van der Waals surface area (Å²) < 4.78 is 13.5. The fourth-order valence-electron chi connectivity index (χ4n) is 2.28. The van der Waals surface area contributed by atoms with E-state index in [1.54, 1.807) is 6.07 Å². The molecule has 0 spiro atoms. The van der Waals surface area contributed by atoms with Gasteiger partial charge in [-0.1, -0.05) is 13.8 Å². The van der Waals surface area contributed by atoms with Gasteiger partial charge in [-0.3, -0.25) is 4.79 Å². The Morgan fingerprint density at radius 3 is 2.72 bits per heavy atom. The molecule has 0 aromatic heterocycles. The summed E-state index contributed by atoms with van der Waals surface area (Å²) >= 11 is 3.25. The SMILES string of the molecule is CC1CCN(C(=O)c2ccc(F)cc2Br)CC1C. The largest absolute Gasteiger partial charge is 0.338 e. The number of hydrogen-bond donors (Lipinski definition) is 0. The van der Waals surface area contributed by atoms with Crippen molar-refractivity contribution in [2.24, 2.45) is 11.8 Å². The minimum absolute atomic E-state index is 0.0133. The van der Waals surface area contributed by atoms with Crippen LogP contribution in [0.25, 0.3) is 0 Å². The van der Waals surface area contributed by atoms with Gasteiger partial charge in [-0.2, -0.15) is 0 Å². The Labute approximate surface area is 115 Å². The Kier molecular flexibility index (Phi) is 4.05. The van der Waals surface area contributed by atoms with Crippen LogP contribution in [0.15, 0.2) is 22.7 Å². The van der Waals surface area contributed by atoms with Crippen LogP contribution >= 0.6 is 15.9 Å². The van der Waals surface area contributed by atoms with Crippen molar-refractivity contribution in [3.8, 4) is 0 Å². The minimum Gasteiger partial charge on any atom is -0.338 e. The summed E-state index contributed by atoms with van der Waals surface area (Å²) in [5.74, 6) is 0.826. The van der Waals surface area contributed by atoms with Gasteiger partial charge in [-0.05, 0) is 52.4 Å². The van der Waals surface area contributed by atoms with Gasteiger partial charge in [0.25, 0.3) is 5.91 Å². The van der Waals surface area contributed by atoms with Gasteiger partial charge in [-0.25, -0.2) is 4.39 Å². The van der Waals surface area contributed by atoms with Gasteiger partial charge < -0.3 is 4.90 Å². The zero-order valence-electron chi connectivity index (χ0n) is 10.6. The molecule has 2 rings (SSSR count). The molecule has 0 bridgehead atoms. The molecule has 0 radical (unpaired) electrons. The van der Waals surface area contributed by atoms with E-state index in [0.29, 0.717) is 21.9 Å². The molecule has 98 valence electrons. The van der Waals surface area contributed by atoms with E-state index < -0.39 is 0 Å². The van der Waals surface area contributed by atoms with E-state index in [4.69, 9.17) is 0 Å². The van der Waals surface area contributed by atoms with Gasteiger partial charge in [0.1, 0.15) is 5.82 Å². The number of amides is 1. The first-order valence-corrected chi connectivity index (χ1v) is 7.02. The highest BCUT2D eigenvalue weighted by molar-refractivity contribution is 9.10. The highest BCUT2D eigenvalue weighted by atomic mass is 79.9. The Morgan fingerprint density at radius 2 is 2.11 bits per heavy atom. The molecule has 0 saturated carbocycles. The van der Waals surface area contributed by atoms with Crippen LogP contribution in [-0.4, -0.2) is 23.9 Å².